The molecule has 0 spiro atoms. The van der Waals surface area contributed by atoms with Crippen LogP contribution in [0, 0.1) is 11.6 Å². The van der Waals surface area contributed by atoms with E-state index in [1.807, 2.05) is 0 Å². The van der Waals surface area contributed by atoms with Crippen molar-refractivity contribution in [3.8, 4) is 5.69 Å². The lowest BCUT2D eigenvalue weighted by molar-refractivity contribution is 0.554. The summed E-state index contributed by atoms with van der Waals surface area (Å²) in [6, 6.07) is 4.21. The van der Waals surface area contributed by atoms with Gasteiger partial charge in [0, 0.05) is 17.3 Å². The third-order valence-corrected chi connectivity index (χ3v) is 4.42. The molecule has 0 aliphatic carbocycles. The highest BCUT2D eigenvalue weighted by Crippen LogP contribution is 2.32. The van der Waals surface area contributed by atoms with Gasteiger partial charge in [0.2, 0.25) is 0 Å². The molecule has 146 valence electrons. The van der Waals surface area contributed by atoms with Gasteiger partial charge in [0.1, 0.15) is 17.0 Å². The molecule has 0 bridgehead atoms. The second-order valence-electron chi connectivity index (χ2n) is 6.14. The number of para-hydroxylation sites is 1. The van der Waals surface area contributed by atoms with Crippen molar-refractivity contribution < 1.29 is 8.78 Å². The zero-order valence-electron chi connectivity index (χ0n) is 14.4. The van der Waals surface area contributed by atoms with Crippen LogP contribution in [0.1, 0.15) is 12.6 Å². The number of aromatic nitrogens is 3. The standard InChI is InChI=1S/C17H14ClF2N7.ClH/c1-8-5-17(22,25-16(21)24-8)15-9-7-27(26-13(9)12(20)6-23-15)14-10(18)3-2-4-11(14)19;/h2-7H,22H2,1H3,(H3,21,24,25);1H. The Morgan fingerprint density at radius 3 is 2.68 bits per heavy atom. The number of nitrogens with one attached hydrogen (secondary N) is 1. The summed E-state index contributed by atoms with van der Waals surface area (Å²) in [6.45, 7) is 1.76. The van der Waals surface area contributed by atoms with Crippen LogP contribution in [0.5, 0.6) is 0 Å². The summed E-state index contributed by atoms with van der Waals surface area (Å²) in [4.78, 5) is 8.30. The zero-order chi connectivity index (χ0) is 19.3. The largest absolute Gasteiger partial charge is 0.370 e. The number of nitrogens with two attached hydrogens (primary N) is 2. The van der Waals surface area contributed by atoms with Crippen molar-refractivity contribution in [2.24, 2.45) is 16.5 Å². The molecule has 11 heteroatoms. The number of pyridine rings is 1. The van der Waals surface area contributed by atoms with Crippen molar-refractivity contribution >= 4 is 40.9 Å². The van der Waals surface area contributed by atoms with E-state index in [0.717, 1.165) is 10.9 Å². The summed E-state index contributed by atoms with van der Waals surface area (Å²) >= 11 is 6.09. The van der Waals surface area contributed by atoms with E-state index in [-0.39, 0.29) is 45.7 Å². The monoisotopic (exact) mass is 425 g/mol. The smallest absolute Gasteiger partial charge is 0.195 e. The van der Waals surface area contributed by atoms with E-state index in [0.29, 0.717) is 5.70 Å². The summed E-state index contributed by atoms with van der Waals surface area (Å²) in [7, 11) is 0. The van der Waals surface area contributed by atoms with Crippen LogP contribution in [0.4, 0.5) is 8.78 Å². The number of fused-ring (bicyclic) bond motifs is 1. The van der Waals surface area contributed by atoms with Gasteiger partial charge in [0.15, 0.2) is 17.4 Å². The Balaban J connectivity index is 0.00000225. The number of hydrogen-bond acceptors (Lipinski definition) is 6. The molecule has 0 saturated carbocycles. The van der Waals surface area contributed by atoms with Gasteiger partial charge in [-0.2, -0.15) is 5.10 Å². The third kappa shape index (κ3) is 3.17. The molecule has 0 radical (unpaired) electrons. The van der Waals surface area contributed by atoms with Crippen molar-refractivity contribution in [2.45, 2.75) is 12.6 Å². The van der Waals surface area contributed by atoms with Crippen LogP contribution in [0.3, 0.4) is 0 Å². The summed E-state index contributed by atoms with van der Waals surface area (Å²) in [5, 5.41) is 7.35. The van der Waals surface area contributed by atoms with Gasteiger partial charge in [-0.25, -0.2) is 18.5 Å². The summed E-state index contributed by atoms with van der Waals surface area (Å²) < 4.78 is 29.8. The Bertz CT molecular complexity index is 1100. The molecule has 1 unspecified atom stereocenters. The maximum Gasteiger partial charge on any atom is 0.195 e. The van der Waals surface area contributed by atoms with Crippen LogP contribution >= 0.6 is 24.0 Å². The van der Waals surface area contributed by atoms with E-state index in [4.69, 9.17) is 23.1 Å². The molecule has 4 rings (SSSR count). The molecule has 0 saturated heterocycles. The summed E-state index contributed by atoms with van der Waals surface area (Å²) in [5.74, 6) is -1.19. The Kier molecular flexibility index (Phi) is 5.00. The topological polar surface area (TPSA) is 107 Å². The highest BCUT2D eigenvalue weighted by Gasteiger charge is 2.33. The first-order chi connectivity index (χ1) is 12.8. The molecule has 3 heterocycles. The van der Waals surface area contributed by atoms with Crippen LogP contribution in [-0.4, -0.2) is 20.7 Å². The Labute approximate surface area is 169 Å². The Morgan fingerprint density at radius 2 is 2.00 bits per heavy atom. The van der Waals surface area contributed by atoms with Gasteiger partial charge in [-0.15, -0.1) is 12.4 Å². The van der Waals surface area contributed by atoms with Gasteiger partial charge in [-0.1, -0.05) is 17.7 Å². The predicted molar refractivity (Wildman–Crippen MR) is 105 cm³/mol. The lowest BCUT2D eigenvalue weighted by Gasteiger charge is -2.27. The number of allylic oxidation sites excluding steroid dienone is 1. The maximum absolute atomic E-state index is 14.3. The lowest BCUT2D eigenvalue weighted by atomic mass is 10.0. The number of hydrogen-bond donors (Lipinski definition) is 3. The lowest BCUT2D eigenvalue weighted by Crippen LogP contribution is -2.44. The number of rotatable bonds is 2. The molecule has 0 amide bonds. The number of aliphatic imine (C=N–C) groups is 1. The molecule has 2 aromatic heterocycles. The van der Waals surface area contributed by atoms with Crippen molar-refractivity contribution in [3.63, 3.8) is 0 Å². The fourth-order valence-corrected chi connectivity index (χ4v) is 3.32. The fraction of sp³-hybridized carbons (Fsp3) is 0.118. The van der Waals surface area contributed by atoms with Gasteiger partial charge in [0.25, 0.3) is 0 Å². The fourth-order valence-electron chi connectivity index (χ4n) is 3.07. The minimum atomic E-state index is -1.43. The number of guanidine groups is 1. The molecule has 1 aromatic carbocycles. The van der Waals surface area contributed by atoms with E-state index in [1.54, 1.807) is 13.0 Å². The minimum Gasteiger partial charge on any atom is -0.370 e. The molecule has 7 nitrogen and oxygen atoms in total. The molecular formula is C17H15Cl2F2N7. The minimum absolute atomic E-state index is 0. The molecule has 3 aromatic rings. The van der Waals surface area contributed by atoms with Gasteiger partial charge >= 0.3 is 0 Å². The van der Waals surface area contributed by atoms with Crippen LogP contribution in [0.2, 0.25) is 5.02 Å². The molecule has 5 N–H and O–H groups in total. The quantitative estimate of drug-likeness (QED) is 0.584. The highest BCUT2D eigenvalue weighted by atomic mass is 35.5. The normalized spacial score (nSPS) is 18.9. The molecule has 1 atom stereocenters. The summed E-state index contributed by atoms with van der Waals surface area (Å²) in [6.07, 6.45) is 4.01. The first kappa shape index (κ1) is 20.0. The maximum atomic E-state index is 14.3. The highest BCUT2D eigenvalue weighted by molar-refractivity contribution is 6.32. The third-order valence-electron chi connectivity index (χ3n) is 4.12. The van der Waals surface area contributed by atoms with Gasteiger partial charge in [-0.3, -0.25) is 10.7 Å². The van der Waals surface area contributed by atoms with Crippen molar-refractivity contribution in [1.29, 1.82) is 0 Å². The molecule has 28 heavy (non-hydrogen) atoms. The first-order valence-electron chi connectivity index (χ1n) is 7.88. The van der Waals surface area contributed by atoms with Gasteiger partial charge < -0.3 is 11.1 Å². The van der Waals surface area contributed by atoms with Crippen molar-refractivity contribution in [2.75, 3.05) is 0 Å². The van der Waals surface area contributed by atoms with E-state index >= 15 is 0 Å². The zero-order valence-corrected chi connectivity index (χ0v) is 16.0. The van der Waals surface area contributed by atoms with Crippen LogP contribution < -0.4 is 16.8 Å². The van der Waals surface area contributed by atoms with E-state index in [2.05, 4.69) is 20.4 Å². The van der Waals surface area contributed by atoms with Gasteiger partial charge in [0.05, 0.1) is 16.9 Å². The average Bonchev–Trinajstić information content (AvgIpc) is 2.99. The first-order valence-corrected chi connectivity index (χ1v) is 8.26. The molecular weight excluding hydrogens is 411 g/mol. The predicted octanol–water partition coefficient (Wildman–Crippen LogP) is 2.71. The molecule has 1 aliphatic heterocycles. The number of benzene rings is 1. The Hall–Kier alpha value is -2.75. The Morgan fingerprint density at radius 1 is 1.25 bits per heavy atom. The number of nitrogens with zero attached hydrogens (tertiary/aromatic N) is 4. The van der Waals surface area contributed by atoms with E-state index < -0.39 is 17.3 Å². The summed E-state index contributed by atoms with van der Waals surface area (Å²) in [5.41, 5.74) is 11.6. The molecule has 1 aliphatic rings. The number of halogens is 4. The van der Waals surface area contributed by atoms with Gasteiger partial charge in [-0.05, 0) is 25.1 Å². The van der Waals surface area contributed by atoms with E-state index in [9.17, 15) is 8.78 Å². The van der Waals surface area contributed by atoms with Crippen molar-refractivity contribution in [1.82, 2.24) is 20.1 Å². The molecule has 0 fully saturated rings. The van der Waals surface area contributed by atoms with Crippen molar-refractivity contribution in [3.05, 3.63) is 64.7 Å². The van der Waals surface area contributed by atoms with E-state index in [1.165, 1.54) is 24.4 Å². The van der Waals surface area contributed by atoms with Crippen LogP contribution in [0.15, 0.2) is 47.4 Å². The second-order valence-corrected chi connectivity index (χ2v) is 6.54. The van der Waals surface area contributed by atoms with Crippen LogP contribution in [0.25, 0.3) is 16.6 Å². The second kappa shape index (κ2) is 7.01. The average molecular weight is 426 g/mol. The SMILES string of the molecule is CC1=CC(N)(c2ncc(F)c3nn(-c4c(F)cccc4Cl)cc23)N=C(N)N1.Cl. The van der Waals surface area contributed by atoms with Crippen LogP contribution in [-0.2, 0) is 5.66 Å².